The second-order valence-electron chi connectivity index (χ2n) is 6.32. The highest BCUT2D eigenvalue weighted by Crippen LogP contribution is 2.11. The molecule has 0 aromatic heterocycles. The predicted octanol–water partition coefficient (Wildman–Crippen LogP) is 3.02. The van der Waals surface area contributed by atoms with Crippen molar-refractivity contribution in [2.24, 2.45) is 0 Å². The van der Waals surface area contributed by atoms with Crippen molar-refractivity contribution in [1.29, 1.82) is 0 Å². The van der Waals surface area contributed by atoms with Crippen LogP contribution in [-0.4, -0.2) is 44.7 Å². The van der Waals surface area contributed by atoms with E-state index in [4.69, 9.17) is 10.2 Å². The number of rotatable bonds is 15. The van der Waals surface area contributed by atoms with Gasteiger partial charge in [0.1, 0.15) is 0 Å². The van der Waals surface area contributed by atoms with Gasteiger partial charge in [0, 0.05) is 6.42 Å². The summed E-state index contributed by atoms with van der Waals surface area (Å²) < 4.78 is 0. The van der Waals surface area contributed by atoms with Crippen molar-refractivity contribution in [3.8, 4) is 0 Å². The van der Waals surface area contributed by atoms with E-state index in [1.807, 2.05) is 12.2 Å². The van der Waals surface area contributed by atoms with E-state index < -0.39 is 18.2 Å². The molecule has 23 heavy (non-hydrogen) atoms. The standard InChI is InChI=1S/C18H34O5/c1-15(19)11-10-13-17(21)16(20)12-8-6-4-2-3-5-7-9-14-18(22)23/h6,8,15-17,19-21H,2-5,7,9-14H2,1H3,(H,22,23)/b8-6+. The smallest absolute Gasteiger partial charge is 0.303 e. The zero-order chi connectivity index (χ0) is 17.5. The van der Waals surface area contributed by atoms with Gasteiger partial charge in [-0.15, -0.1) is 0 Å². The van der Waals surface area contributed by atoms with Gasteiger partial charge in [-0.1, -0.05) is 31.4 Å². The maximum absolute atomic E-state index is 10.3. The molecule has 0 bridgehead atoms. The molecule has 5 heteroatoms. The van der Waals surface area contributed by atoms with Crippen molar-refractivity contribution in [1.82, 2.24) is 0 Å². The van der Waals surface area contributed by atoms with Crippen molar-refractivity contribution in [3.05, 3.63) is 12.2 Å². The van der Waals surface area contributed by atoms with Gasteiger partial charge in [0.2, 0.25) is 0 Å². The summed E-state index contributed by atoms with van der Waals surface area (Å²) in [6, 6.07) is 0. The third kappa shape index (κ3) is 15.8. The molecule has 0 radical (unpaired) electrons. The van der Waals surface area contributed by atoms with Crippen molar-refractivity contribution >= 4 is 5.97 Å². The molecule has 0 spiro atoms. The van der Waals surface area contributed by atoms with Crippen LogP contribution in [0.15, 0.2) is 12.2 Å². The van der Waals surface area contributed by atoms with Gasteiger partial charge in [-0.2, -0.15) is 0 Å². The number of aliphatic hydroxyl groups excluding tert-OH is 3. The average molecular weight is 330 g/mol. The summed E-state index contributed by atoms with van der Waals surface area (Å²) in [5.41, 5.74) is 0. The van der Waals surface area contributed by atoms with E-state index in [1.54, 1.807) is 6.92 Å². The fourth-order valence-corrected chi connectivity index (χ4v) is 2.39. The molecule has 136 valence electrons. The van der Waals surface area contributed by atoms with Gasteiger partial charge >= 0.3 is 5.97 Å². The second kappa shape index (κ2) is 14.7. The Hall–Kier alpha value is -0.910. The van der Waals surface area contributed by atoms with Crippen molar-refractivity contribution in [2.75, 3.05) is 0 Å². The van der Waals surface area contributed by atoms with Crippen LogP contribution < -0.4 is 0 Å². The topological polar surface area (TPSA) is 98.0 Å². The molecule has 0 heterocycles. The summed E-state index contributed by atoms with van der Waals surface area (Å²) in [5.74, 6) is -0.723. The molecule has 0 aromatic rings. The highest BCUT2D eigenvalue weighted by atomic mass is 16.4. The van der Waals surface area contributed by atoms with E-state index in [1.165, 1.54) is 0 Å². The number of carboxylic acid groups (broad SMARTS) is 1. The van der Waals surface area contributed by atoms with Crippen LogP contribution in [-0.2, 0) is 4.79 Å². The molecule has 3 unspecified atom stereocenters. The largest absolute Gasteiger partial charge is 0.481 e. The van der Waals surface area contributed by atoms with Crippen LogP contribution in [0.1, 0.15) is 77.6 Å². The summed E-state index contributed by atoms with van der Waals surface area (Å²) in [4.78, 5) is 10.3. The highest BCUT2D eigenvalue weighted by Gasteiger charge is 2.14. The lowest BCUT2D eigenvalue weighted by molar-refractivity contribution is -0.137. The van der Waals surface area contributed by atoms with E-state index in [2.05, 4.69) is 0 Å². The van der Waals surface area contributed by atoms with Crippen LogP contribution in [0.2, 0.25) is 0 Å². The maximum Gasteiger partial charge on any atom is 0.303 e. The zero-order valence-corrected chi connectivity index (χ0v) is 14.4. The van der Waals surface area contributed by atoms with E-state index in [0.29, 0.717) is 25.7 Å². The third-order valence-corrected chi connectivity index (χ3v) is 3.87. The lowest BCUT2D eigenvalue weighted by Gasteiger charge is -2.16. The SMILES string of the molecule is CC(O)CCCC(O)C(O)C/C=C/CCCCCCCC(=O)O. The number of hydrogen-bond acceptors (Lipinski definition) is 4. The summed E-state index contributed by atoms with van der Waals surface area (Å²) in [7, 11) is 0. The number of aliphatic hydroxyl groups is 3. The van der Waals surface area contributed by atoms with Crippen LogP contribution in [0.3, 0.4) is 0 Å². The molecular formula is C18H34O5. The van der Waals surface area contributed by atoms with Crippen molar-refractivity contribution in [3.63, 3.8) is 0 Å². The first-order valence-corrected chi connectivity index (χ1v) is 8.84. The van der Waals surface area contributed by atoms with E-state index in [0.717, 1.165) is 38.5 Å². The molecule has 3 atom stereocenters. The van der Waals surface area contributed by atoms with Crippen LogP contribution in [0, 0.1) is 0 Å². The minimum atomic E-state index is -0.740. The quantitative estimate of drug-likeness (QED) is 0.273. The van der Waals surface area contributed by atoms with Crippen molar-refractivity contribution < 1.29 is 25.2 Å². The molecule has 0 aliphatic rings. The normalized spacial score (nSPS) is 15.7. The first-order chi connectivity index (χ1) is 10.9. The van der Waals surface area contributed by atoms with Crippen LogP contribution in [0.5, 0.6) is 0 Å². The van der Waals surface area contributed by atoms with E-state index in [9.17, 15) is 15.0 Å². The zero-order valence-electron chi connectivity index (χ0n) is 14.4. The lowest BCUT2D eigenvalue weighted by Crippen LogP contribution is -2.25. The first-order valence-electron chi connectivity index (χ1n) is 8.84. The Morgan fingerprint density at radius 3 is 2.17 bits per heavy atom. The minimum Gasteiger partial charge on any atom is -0.481 e. The van der Waals surface area contributed by atoms with Gasteiger partial charge in [0.15, 0.2) is 0 Å². The Morgan fingerprint density at radius 2 is 1.52 bits per heavy atom. The number of aliphatic carboxylic acids is 1. The molecule has 0 fully saturated rings. The Labute approximate surface area is 140 Å². The Balaban J connectivity index is 3.48. The van der Waals surface area contributed by atoms with Gasteiger partial charge in [-0.05, 0) is 51.9 Å². The van der Waals surface area contributed by atoms with Gasteiger partial charge in [0.05, 0.1) is 18.3 Å². The Kier molecular flexibility index (Phi) is 14.1. The van der Waals surface area contributed by atoms with Crippen LogP contribution in [0.25, 0.3) is 0 Å². The Bertz CT molecular complexity index is 315. The molecule has 0 aromatic carbocycles. The molecule has 0 amide bonds. The number of unbranched alkanes of at least 4 members (excludes halogenated alkanes) is 5. The predicted molar refractivity (Wildman–Crippen MR) is 91.3 cm³/mol. The van der Waals surface area contributed by atoms with E-state index >= 15 is 0 Å². The number of carboxylic acids is 1. The minimum absolute atomic E-state index is 0.261. The number of allylic oxidation sites excluding steroid dienone is 1. The maximum atomic E-state index is 10.3. The van der Waals surface area contributed by atoms with Crippen LogP contribution in [0.4, 0.5) is 0 Å². The fourth-order valence-electron chi connectivity index (χ4n) is 2.39. The molecule has 0 aliphatic carbocycles. The van der Waals surface area contributed by atoms with Gasteiger partial charge in [0.25, 0.3) is 0 Å². The molecular weight excluding hydrogens is 296 g/mol. The number of hydrogen-bond donors (Lipinski definition) is 4. The fraction of sp³-hybridized carbons (Fsp3) is 0.833. The van der Waals surface area contributed by atoms with Crippen LogP contribution >= 0.6 is 0 Å². The molecule has 4 N–H and O–H groups in total. The monoisotopic (exact) mass is 330 g/mol. The highest BCUT2D eigenvalue weighted by molar-refractivity contribution is 5.66. The van der Waals surface area contributed by atoms with Crippen molar-refractivity contribution in [2.45, 2.75) is 95.9 Å². The van der Waals surface area contributed by atoms with E-state index in [-0.39, 0.29) is 12.5 Å². The first kappa shape index (κ1) is 22.1. The molecule has 5 nitrogen and oxygen atoms in total. The number of carbonyl (C=O) groups is 1. The Morgan fingerprint density at radius 1 is 0.870 bits per heavy atom. The summed E-state index contributed by atoms with van der Waals surface area (Å²) in [5, 5.41) is 37.3. The lowest BCUT2D eigenvalue weighted by atomic mass is 10.0. The molecule has 0 saturated heterocycles. The van der Waals surface area contributed by atoms with Gasteiger partial charge < -0.3 is 20.4 Å². The molecule has 0 saturated carbocycles. The summed E-state index contributed by atoms with van der Waals surface area (Å²) in [6.45, 7) is 1.72. The third-order valence-electron chi connectivity index (χ3n) is 3.87. The van der Waals surface area contributed by atoms with Gasteiger partial charge in [-0.3, -0.25) is 4.79 Å². The average Bonchev–Trinajstić information content (AvgIpc) is 2.48. The summed E-state index contributed by atoms with van der Waals surface area (Å²) >= 11 is 0. The van der Waals surface area contributed by atoms with Gasteiger partial charge in [-0.25, -0.2) is 0 Å². The summed E-state index contributed by atoms with van der Waals surface area (Å²) in [6.07, 6.45) is 10.6. The molecule has 0 aliphatic heterocycles. The molecule has 0 rings (SSSR count). The second-order valence-corrected chi connectivity index (χ2v) is 6.32.